The van der Waals surface area contributed by atoms with Gasteiger partial charge in [-0.25, -0.2) is 0 Å². The Labute approximate surface area is 113 Å². The molecule has 1 aromatic carbocycles. The van der Waals surface area contributed by atoms with Gasteiger partial charge in [-0.2, -0.15) is 9.61 Å². The standard InChI is InChI=1S/C12H12N4O2S/c1-7-5-8(17)3-4-9(7)11-15-16-10(6-18-2)13-14-12(16)19-11/h3-5,17H,6H2,1-2H3. The van der Waals surface area contributed by atoms with Crippen LogP contribution in [0.25, 0.3) is 15.5 Å². The maximum atomic E-state index is 9.44. The molecule has 0 saturated heterocycles. The van der Waals surface area contributed by atoms with Gasteiger partial charge in [0.25, 0.3) is 0 Å². The van der Waals surface area contributed by atoms with Gasteiger partial charge in [0.2, 0.25) is 4.96 Å². The topological polar surface area (TPSA) is 72.5 Å². The SMILES string of the molecule is COCc1nnc2sc(-c3ccc(O)cc3C)nn12. The minimum absolute atomic E-state index is 0.254. The molecule has 0 radical (unpaired) electrons. The highest BCUT2D eigenvalue weighted by atomic mass is 32.1. The number of rotatable bonds is 3. The van der Waals surface area contributed by atoms with Crippen molar-refractivity contribution in [2.75, 3.05) is 7.11 Å². The number of nitrogens with zero attached hydrogens (tertiary/aromatic N) is 4. The molecule has 0 aliphatic heterocycles. The monoisotopic (exact) mass is 276 g/mol. The summed E-state index contributed by atoms with van der Waals surface area (Å²) in [7, 11) is 1.61. The molecular formula is C12H12N4O2S. The van der Waals surface area contributed by atoms with Gasteiger partial charge in [-0.15, -0.1) is 10.2 Å². The van der Waals surface area contributed by atoms with E-state index in [1.165, 1.54) is 11.3 Å². The number of phenols is 1. The van der Waals surface area contributed by atoms with E-state index in [1.54, 1.807) is 23.8 Å². The Bertz CT molecular complexity index is 734. The molecule has 0 saturated carbocycles. The molecule has 0 unspecified atom stereocenters. The van der Waals surface area contributed by atoms with E-state index in [1.807, 2.05) is 13.0 Å². The maximum Gasteiger partial charge on any atom is 0.235 e. The lowest BCUT2D eigenvalue weighted by Gasteiger charge is -2.01. The smallest absolute Gasteiger partial charge is 0.235 e. The van der Waals surface area contributed by atoms with Gasteiger partial charge in [-0.1, -0.05) is 11.3 Å². The predicted molar refractivity (Wildman–Crippen MR) is 71.2 cm³/mol. The molecule has 1 N–H and O–H groups in total. The lowest BCUT2D eigenvalue weighted by atomic mass is 10.1. The molecule has 3 rings (SSSR count). The van der Waals surface area contributed by atoms with Gasteiger partial charge in [0.1, 0.15) is 17.4 Å². The zero-order valence-electron chi connectivity index (χ0n) is 10.5. The molecule has 0 aliphatic carbocycles. The second-order valence-corrected chi connectivity index (χ2v) is 5.11. The number of hydrogen-bond acceptors (Lipinski definition) is 6. The van der Waals surface area contributed by atoms with E-state index in [0.29, 0.717) is 12.4 Å². The lowest BCUT2D eigenvalue weighted by Crippen LogP contribution is -1.97. The third kappa shape index (κ3) is 2.06. The first-order valence-corrected chi connectivity index (χ1v) is 6.50. The average molecular weight is 276 g/mol. The van der Waals surface area contributed by atoms with Crippen LogP contribution in [0.3, 0.4) is 0 Å². The highest BCUT2D eigenvalue weighted by molar-refractivity contribution is 7.19. The number of phenolic OH excluding ortho intramolecular Hbond substituents is 1. The van der Waals surface area contributed by atoms with Crippen molar-refractivity contribution in [2.45, 2.75) is 13.5 Å². The van der Waals surface area contributed by atoms with Crippen LogP contribution in [0.2, 0.25) is 0 Å². The highest BCUT2D eigenvalue weighted by Gasteiger charge is 2.14. The quantitative estimate of drug-likeness (QED) is 0.792. The maximum absolute atomic E-state index is 9.44. The van der Waals surface area contributed by atoms with Crippen LogP contribution >= 0.6 is 11.3 Å². The lowest BCUT2D eigenvalue weighted by molar-refractivity contribution is 0.176. The van der Waals surface area contributed by atoms with Crippen molar-refractivity contribution in [3.05, 3.63) is 29.6 Å². The Morgan fingerprint density at radius 3 is 2.95 bits per heavy atom. The Morgan fingerprint density at radius 2 is 2.21 bits per heavy atom. The summed E-state index contributed by atoms with van der Waals surface area (Å²) in [5.74, 6) is 0.931. The first-order chi connectivity index (χ1) is 9.19. The van der Waals surface area contributed by atoms with Gasteiger partial charge in [0, 0.05) is 12.7 Å². The number of aromatic nitrogens is 4. The summed E-state index contributed by atoms with van der Waals surface area (Å²) >= 11 is 1.46. The van der Waals surface area contributed by atoms with Crippen molar-refractivity contribution in [3.63, 3.8) is 0 Å². The zero-order chi connectivity index (χ0) is 13.4. The molecule has 6 nitrogen and oxygen atoms in total. The van der Waals surface area contributed by atoms with E-state index in [-0.39, 0.29) is 5.75 Å². The summed E-state index contributed by atoms with van der Waals surface area (Å²) < 4.78 is 6.75. The van der Waals surface area contributed by atoms with Crippen LogP contribution in [0.1, 0.15) is 11.4 Å². The molecule has 19 heavy (non-hydrogen) atoms. The number of aryl methyl sites for hydroxylation is 1. The summed E-state index contributed by atoms with van der Waals surface area (Å²) in [6.45, 7) is 2.31. The molecule has 3 aromatic rings. The van der Waals surface area contributed by atoms with Crippen LogP contribution in [0, 0.1) is 6.92 Å². The van der Waals surface area contributed by atoms with Crippen molar-refractivity contribution >= 4 is 16.3 Å². The van der Waals surface area contributed by atoms with Gasteiger partial charge < -0.3 is 9.84 Å². The fraction of sp³-hybridized carbons (Fsp3) is 0.250. The van der Waals surface area contributed by atoms with Crippen molar-refractivity contribution < 1.29 is 9.84 Å². The molecule has 2 heterocycles. The van der Waals surface area contributed by atoms with Crippen molar-refractivity contribution in [3.8, 4) is 16.3 Å². The molecule has 0 amide bonds. The van der Waals surface area contributed by atoms with E-state index < -0.39 is 0 Å². The number of aromatic hydroxyl groups is 1. The van der Waals surface area contributed by atoms with Crippen LogP contribution in [0.15, 0.2) is 18.2 Å². The van der Waals surface area contributed by atoms with Gasteiger partial charge in [-0.05, 0) is 30.7 Å². The summed E-state index contributed by atoms with van der Waals surface area (Å²) in [6.07, 6.45) is 0. The van der Waals surface area contributed by atoms with Crippen LogP contribution in [-0.4, -0.2) is 32.0 Å². The molecule has 7 heteroatoms. The van der Waals surface area contributed by atoms with Crippen molar-refractivity contribution in [1.82, 2.24) is 19.8 Å². The molecule has 0 atom stereocenters. The highest BCUT2D eigenvalue weighted by Crippen LogP contribution is 2.30. The first kappa shape index (κ1) is 12.1. The van der Waals surface area contributed by atoms with E-state index in [2.05, 4.69) is 15.3 Å². The fourth-order valence-corrected chi connectivity index (χ4v) is 2.82. The summed E-state index contributed by atoms with van der Waals surface area (Å²) in [4.78, 5) is 0.731. The van der Waals surface area contributed by atoms with Gasteiger partial charge in [-0.3, -0.25) is 0 Å². The fourth-order valence-electron chi connectivity index (χ4n) is 1.87. The number of hydrogen-bond donors (Lipinski definition) is 1. The summed E-state index contributed by atoms with van der Waals surface area (Å²) in [5.41, 5.74) is 1.95. The average Bonchev–Trinajstić information content (AvgIpc) is 2.91. The predicted octanol–water partition coefficient (Wildman–Crippen LogP) is 2.01. The molecule has 98 valence electrons. The van der Waals surface area contributed by atoms with Crippen molar-refractivity contribution in [1.29, 1.82) is 0 Å². The Hall–Kier alpha value is -1.99. The molecule has 0 spiro atoms. The van der Waals surface area contributed by atoms with Crippen LogP contribution in [-0.2, 0) is 11.3 Å². The van der Waals surface area contributed by atoms with Gasteiger partial charge in [0.05, 0.1) is 0 Å². The van der Waals surface area contributed by atoms with E-state index >= 15 is 0 Å². The second kappa shape index (κ2) is 4.60. The minimum Gasteiger partial charge on any atom is -0.508 e. The summed E-state index contributed by atoms with van der Waals surface area (Å²) in [5, 5.41) is 22.9. The zero-order valence-corrected chi connectivity index (χ0v) is 11.3. The van der Waals surface area contributed by atoms with Crippen LogP contribution in [0.4, 0.5) is 0 Å². The molecular weight excluding hydrogens is 264 g/mol. The molecule has 0 aliphatic rings. The van der Waals surface area contributed by atoms with Gasteiger partial charge in [0.15, 0.2) is 5.82 Å². The van der Waals surface area contributed by atoms with Gasteiger partial charge >= 0.3 is 0 Å². The minimum atomic E-state index is 0.254. The first-order valence-electron chi connectivity index (χ1n) is 5.69. The van der Waals surface area contributed by atoms with E-state index in [0.717, 1.165) is 21.1 Å². The number of fused-ring (bicyclic) bond motifs is 1. The van der Waals surface area contributed by atoms with Crippen LogP contribution < -0.4 is 0 Å². The summed E-state index contributed by atoms with van der Waals surface area (Å²) in [6, 6.07) is 5.22. The van der Waals surface area contributed by atoms with E-state index in [4.69, 9.17) is 4.74 Å². The number of ether oxygens (including phenoxy) is 1. The second-order valence-electron chi connectivity index (χ2n) is 4.15. The Balaban J connectivity index is 2.10. The van der Waals surface area contributed by atoms with E-state index in [9.17, 15) is 5.11 Å². The molecule has 2 aromatic heterocycles. The third-order valence-electron chi connectivity index (χ3n) is 2.77. The normalized spacial score (nSPS) is 11.3. The Kier molecular flexibility index (Phi) is 2.92. The third-order valence-corrected chi connectivity index (χ3v) is 3.70. The number of benzene rings is 1. The molecule has 0 bridgehead atoms. The van der Waals surface area contributed by atoms with Crippen LogP contribution in [0.5, 0.6) is 5.75 Å². The van der Waals surface area contributed by atoms with Crippen molar-refractivity contribution in [2.24, 2.45) is 0 Å². The number of methoxy groups -OCH3 is 1. The molecule has 0 fully saturated rings. The Morgan fingerprint density at radius 1 is 1.37 bits per heavy atom. The largest absolute Gasteiger partial charge is 0.508 e.